The number of H-pyrrole nitrogens is 1. The number of amides is 1. The molecule has 1 fully saturated rings. The van der Waals surface area contributed by atoms with Crippen LogP contribution in [0.5, 0.6) is 0 Å². The average molecular weight is 337 g/mol. The largest absolute Gasteiger partial charge is 0.481 e. The zero-order valence-electron chi connectivity index (χ0n) is 10.6. The maximum atomic E-state index is 12.5. The van der Waals surface area contributed by atoms with E-state index in [9.17, 15) is 9.59 Å². The third-order valence-corrected chi connectivity index (χ3v) is 4.19. The van der Waals surface area contributed by atoms with Crippen LogP contribution in [0, 0.1) is 5.92 Å². The Morgan fingerprint density at radius 2 is 2.20 bits per heavy atom. The molecule has 1 saturated heterocycles. The second-order valence-corrected chi connectivity index (χ2v) is 5.88. The van der Waals surface area contributed by atoms with E-state index in [-0.39, 0.29) is 12.5 Å². The molecule has 2 aromatic rings. The standard InChI is InChI=1S/C14H13BrN2O3/c15-9-1-2-12-10(5-9)11(6-16-12)13(18)17-4-3-8(7-17)14(19)20/h1-2,5-6,8,16H,3-4,7H2,(H,19,20). The van der Waals surface area contributed by atoms with E-state index in [1.165, 1.54) is 0 Å². The number of hydrogen-bond donors (Lipinski definition) is 2. The van der Waals surface area contributed by atoms with Gasteiger partial charge in [0.15, 0.2) is 0 Å². The topological polar surface area (TPSA) is 73.4 Å². The lowest BCUT2D eigenvalue weighted by molar-refractivity contribution is -0.141. The van der Waals surface area contributed by atoms with Crippen molar-refractivity contribution in [1.29, 1.82) is 0 Å². The monoisotopic (exact) mass is 336 g/mol. The van der Waals surface area contributed by atoms with Gasteiger partial charge in [-0.1, -0.05) is 15.9 Å². The Hall–Kier alpha value is -1.82. The molecular weight excluding hydrogens is 324 g/mol. The Bertz CT molecular complexity index is 695. The average Bonchev–Trinajstić information content (AvgIpc) is 3.04. The molecule has 6 heteroatoms. The third-order valence-electron chi connectivity index (χ3n) is 3.70. The molecule has 0 bridgehead atoms. The van der Waals surface area contributed by atoms with E-state index < -0.39 is 11.9 Å². The number of aromatic amines is 1. The summed E-state index contributed by atoms with van der Waals surface area (Å²) in [5.74, 6) is -1.39. The smallest absolute Gasteiger partial charge is 0.308 e. The molecule has 0 radical (unpaired) electrons. The number of halogens is 1. The number of benzene rings is 1. The van der Waals surface area contributed by atoms with Gasteiger partial charge in [-0.15, -0.1) is 0 Å². The summed E-state index contributed by atoms with van der Waals surface area (Å²) < 4.78 is 0.906. The number of fused-ring (bicyclic) bond motifs is 1. The molecule has 5 nitrogen and oxygen atoms in total. The minimum absolute atomic E-state index is 0.113. The first-order valence-electron chi connectivity index (χ1n) is 6.35. The van der Waals surface area contributed by atoms with Crippen molar-refractivity contribution in [2.24, 2.45) is 5.92 Å². The molecule has 1 aliphatic rings. The van der Waals surface area contributed by atoms with Gasteiger partial charge in [-0.05, 0) is 24.6 Å². The number of likely N-dealkylation sites (tertiary alicyclic amines) is 1. The van der Waals surface area contributed by atoms with Crippen molar-refractivity contribution in [2.75, 3.05) is 13.1 Å². The van der Waals surface area contributed by atoms with Gasteiger partial charge in [-0.2, -0.15) is 0 Å². The van der Waals surface area contributed by atoms with E-state index in [0.717, 1.165) is 15.4 Å². The van der Waals surface area contributed by atoms with Crippen LogP contribution in [0.1, 0.15) is 16.8 Å². The normalized spacial score (nSPS) is 18.6. The molecule has 1 unspecified atom stereocenters. The lowest BCUT2D eigenvalue weighted by Gasteiger charge is -2.15. The summed E-state index contributed by atoms with van der Waals surface area (Å²) in [6.07, 6.45) is 2.21. The number of nitrogens with one attached hydrogen (secondary N) is 1. The molecule has 1 amide bonds. The zero-order chi connectivity index (χ0) is 14.3. The molecule has 0 spiro atoms. The highest BCUT2D eigenvalue weighted by molar-refractivity contribution is 9.10. The number of aromatic nitrogens is 1. The first-order chi connectivity index (χ1) is 9.56. The van der Waals surface area contributed by atoms with Crippen LogP contribution in [-0.4, -0.2) is 40.0 Å². The van der Waals surface area contributed by atoms with Gasteiger partial charge < -0.3 is 15.0 Å². The Labute approximate surface area is 123 Å². The lowest BCUT2D eigenvalue weighted by atomic mass is 10.1. The van der Waals surface area contributed by atoms with E-state index in [1.54, 1.807) is 11.1 Å². The number of carboxylic acid groups (broad SMARTS) is 1. The minimum atomic E-state index is -0.832. The van der Waals surface area contributed by atoms with Crippen molar-refractivity contribution in [3.63, 3.8) is 0 Å². The summed E-state index contributed by atoms with van der Waals surface area (Å²) >= 11 is 3.40. The number of carbonyl (C=O) groups is 2. The summed E-state index contributed by atoms with van der Waals surface area (Å²) in [5.41, 5.74) is 1.48. The van der Waals surface area contributed by atoms with Gasteiger partial charge in [0.25, 0.3) is 5.91 Å². The maximum Gasteiger partial charge on any atom is 0.308 e. The van der Waals surface area contributed by atoms with Crippen LogP contribution in [-0.2, 0) is 4.79 Å². The number of rotatable bonds is 2. The molecule has 0 saturated carbocycles. The van der Waals surface area contributed by atoms with Crippen LogP contribution >= 0.6 is 15.9 Å². The molecule has 2 N–H and O–H groups in total. The summed E-state index contributed by atoms with van der Waals surface area (Å²) in [6.45, 7) is 0.783. The maximum absolute atomic E-state index is 12.5. The van der Waals surface area contributed by atoms with Crippen molar-refractivity contribution >= 4 is 38.7 Å². The van der Waals surface area contributed by atoms with Crippen molar-refractivity contribution in [3.05, 3.63) is 34.4 Å². The minimum Gasteiger partial charge on any atom is -0.481 e. The summed E-state index contributed by atoms with van der Waals surface area (Å²) in [7, 11) is 0. The number of carboxylic acids is 1. The fraction of sp³-hybridized carbons (Fsp3) is 0.286. The molecule has 1 aromatic carbocycles. The van der Waals surface area contributed by atoms with Crippen LogP contribution < -0.4 is 0 Å². The van der Waals surface area contributed by atoms with E-state index in [0.29, 0.717) is 18.5 Å². The van der Waals surface area contributed by atoms with Crippen LogP contribution in [0.3, 0.4) is 0 Å². The predicted octanol–water partition coefficient (Wildman–Crippen LogP) is 2.48. The fourth-order valence-corrected chi connectivity index (χ4v) is 2.95. The van der Waals surface area contributed by atoms with Crippen molar-refractivity contribution in [1.82, 2.24) is 9.88 Å². The van der Waals surface area contributed by atoms with E-state index in [2.05, 4.69) is 20.9 Å². The summed E-state index contributed by atoms with van der Waals surface area (Å²) in [6, 6.07) is 5.70. The van der Waals surface area contributed by atoms with Gasteiger partial charge in [0.2, 0.25) is 0 Å². The summed E-state index contributed by atoms with van der Waals surface area (Å²) in [4.78, 5) is 28.1. The van der Waals surface area contributed by atoms with E-state index >= 15 is 0 Å². The number of carbonyl (C=O) groups excluding carboxylic acids is 1. The van der Waals surface area contributed by atoms with Crippen LogP contribution in [0.25, 0.3) is 10.9 Å². The highest BCUT2D eigenvalue weighted by atomic mass is 79.9. The van der Waals surface area contributed by atoms with Crippen LogP contribution in [0.4, 0.5) is 0 Å². The van der Waals surface area contributed by atoms with Gasteiger partial charge in [-0.25, -0.2) is 0 Å². The van der Waals surface area contributed by atoms with E-state index in [4.69, 9.17) is 5.11 Å². The molecule has 1 aromatic heterocycles. The zero-order valence-corrected chi connectivity index (χ0v) is 12.2. The quantitative estimate of drug-likeness (QED) is 0.884. The first-order valence-corrected chi connectivity index (χ1v) is 7.14. The molecule has 1 atom stereocenters. The molecule has 1 aliphatic heterocycles. The number of nitrogens with zero attached hydrogens (tertiary/aromatic N) is 1. The van der Waals surface area contributed by atoms with Gasteiger partial charge in [0.05, 0.1) is 11.5 Å². The predicted molar refractivity (Wildman–Crippen MR) is 77.6 cm³/mol. The van der Waals surface area contributed by atoms with E-state index in [1.807, 2.05) is 18.2 Å². The molecule has 0 aliphatic carbocycles. The Kier molecular flexibility index (Phi) is 3.25. The first kappa shape index (κ1) is 13.2. The Balaban J connectivity index is 1.90. The third kappa shape index (κ3) is 2.20. The van der Waals surface area contributed by atoms with Crippen molar-refractivity contribution in [3.8, 4) is 0 Å². The molecule has 3 rings (SSSR count). The Morgan fingerprint density at radius 3 is 2.90 bits per heavy atom. The fourth-order valence-electron chi connectivity index (χ4n) is 2.59. The molecule has 20 heavy (non-hydrogen) atoms. The highest BCUT2D eigenvalue weighted by Gasteiger charge is 2.32. The second kappa shape index (κ2) is 4.94. The van der Waals surface area contributed by atoms with Gasteiger partial charge in [0, 0.05) is 34.7 Å². The number of aliphatic carboxylic acids is 1. The highest BCUT2D eigenvalue weighted by Crippen LogP contribution is 2.26. The van der Waals surface area contributed by atoms with Crippen molar-refractivity contribution in [2.45, 2.75) is 6.42 Å². The second-order valence-electron chi connectivity index (χ2n) is 4.97. The molecule has 104 valence electrons. The Morgan fingerprint density at radius 1 is 1.40 bits per heavy atom. The molecular formula is C14H13BrN2O3. The summed E-state index contributed by atoms with van der Waals surface area (Å²) in [5, 5.41) is 9.85. The van der Waals surface area contributed by atoms with Crippen molar-refractivity contribution < 1.29 is 14.7 Å². The molecule has 2 heterocycles. The SMILES string of the molecule is O=C(O)C1CCN(C(=O)c2c[nH]c3ccc(Br)cc23)C1. The lowest BCUT2D eigenvalue weighted by Crippen LogP contribution is -2.29. The van der Waals surface area contributed by atoms with Gasteiger partial charge in [-0.3, -0.25) is 9.59 Å². The van der Waals surface area contributed by atoms with Gasteiger partial charge in [0.1, 0.15) is 0 Å². The van der Waals surface area contributed by atoms with Crippen LogP contribution in [0.2, 0.25) is 0 Å². The number of hydrogen-bond acceptors (Lipinski definition) is 2. The van der Waals surface area contributed by atoms with Crippen LogP contribution in [0.15, 0.2) is 28.9 Å². The van der Waals surface area contributed by atoms with Gasteiger partial charge >= 0.3 is 5.97 Å².